The fraction of sp³-hybridized carbons (Fsp3) is 0.0833. The quantitative estimate of drug-likeness (QED) is 0.561. The maximum Gasteiger partial charge on any atom is 0.283 e. The molecule has 6 heteroatoms. The first-order chi connectivity index (χ1) is 14.4. The van der Waals surface area contributed by atoms with Crippen molar-refractivity contribution in [1.29, 1.82) is 0 Å². The van der Waals surface area contributed by atoms with Crippen molar-refractivity contribution in [3.8, 4) is 0 Å². The smallest absolute Gasteiger partial charge is 0.283 e. The number of imide groups is 1. The molecule has 1 heterocycles. The number of benzene rings is 3. The van der Waals surface area contributed by atoms with E-state index in [-0.39, 0.29) is 5.70 Å². The number of amides is 2. The first-order valence-electron chi connectivity index (χ1n) is 9.39. The zero-order valence-electron chi connectivity index (χ0n) is 16.5. The second kappa shape index (κ2) is 8.16. The van der Waals surface area contributed by atoms with Gasteiger partial charge in [0, 0.05) is 10.6 Å². The van der Waals surface area contributed by atoms with E-state index < -0.39 is 17.6 Å². The molecule has 4 nitrogen and oxygen atoms in total. The van der Waals surface area contributed by atoms with Crippen LogP contribution >= 0.6 is 11.8 Å². The Morgan fingerprint density at radius 3 is 2.20 bits per heavy atom. The zero-order valence-corrected chi connectivity index (χ0v) is 17.3. The lowest BCUT2D eigenvalue weighted by molar-refractivity contribution is -0.120. The normalized spacial score (nSPS) is 13.9. The second-order valence-corrected chi connectivity index (χ2v) is 8.12. The number of carbonyl (C=O) groups is 2. The Morgan fingerprint density at radius 2 is 1.53 bits per heavy atom. The van der Waals surface area contributed by atoms with Crippen LogP contribution in [0.1, 0.15) is 11.1 Å². The Hall–Kier alpha value is -3.38. The number of nitrogens with zero attached hydrogens (tertiary/aromatic N) is 1. The van der Waals surface area contributed by atoms with Gasteiger partial charge in [-0.3, -0.25) is 9.59 Å². The first kappa shape index (κ1) is 19.9. The molecular formula is C24H19FN2O2S. The van der Waals surface area contributed by atoms with Gasteiger partial charge in [-0.1, -0.05) is 41.6 Å². The summed E-state index contributed by atoms with van der Waals surface area (Å²) in [5, 5.41) is 3.13. The maximum absolute atomic E-state index is 13.4. The van der Waals surface area contributed by atoms with Crippen LogP contribution in [-0.4, -0.2) is 11.8 Å². The van der Waals surface area contributed by atoms with Crippen LogP contribution in [0.5, 0.6) is 0 Å². The van der Waals surface area contributed by atoms with Gasteiger partial charge < -0.3 is 5.32 Å². The summed E-state index contributed by atoms with van der Waals surface area (Å²) >= 11 is 1.24. The molecule has 3 aromatic carbocycles. The van der Waals surface area contributed by atoms with Crippen LogP contribution in [0.15, 0.2) is 88.3 Å². The van der Waals surface area contributed by atoms with Gasteiger partial charge in [-0.05, 0) is 67.9 Å². The zero-order chi connectivity index (χ0) is 21.3. The largest absolute Gasteiger partial charge is 0.350 e. The predicted molar refractivity (Wildman–Crippen MR) is 118 cm³/mol. The lowest BCUT2D eigenvalue weighted by Gasteiger charge is -2.15. The van der Waals surface area contributed by atoms with Crippen molar-refractivity contribution in [1.82, 2.24) is 0 Å². The summed E-state index contributed by atoms with van der Waals surface area (Å²) in [6.45, 7) is 3.94. The lowest BCUT2D eigenvalue weighted by atomic mass is 10.2. The SMILES string of the molecule is Cc1ccc(SC2=C(Nc3cccc(C)c3)C(=O)N(c3ccc(F)cc3)C2=O)cc1. The molecule has 2 amide bonds. The lowest BCUT2D eigenvalue weighted by Crippen LogP contribution is -2.32. The Kier molecular flexibility index (Phi) is 5.42. The molecule has 0 saturated carbocycles. The minimum absolute atomic E-state index is 0.209. The van der Waals surface area contributed by atoms with E-state index in [0.29, 0.717) is 16.3 Å². The number of nitrogens with one attached hydrogen (secondary N) is 1. The van der Waals surface area contributed by atoms with Crippen LogP contribution < -0.4 is 10.2 Å². The van der Waals surface area contributed by atoms with E-state index in [1.807, 2.05) is 62.4 Å². The van der Waals surface area contributed by atoms with Gasteiger partial charge in [0.25, 0.3) is 11.8 Å². The van der Waals surface area contributed by atoms with Crippen molar-refractivity contribution in [2.45, 2.75) is 18.7 Å². The fourth-order valence-corrected chi connectivity index (χ4v) is 4.06. The Bertz CT molecular complexity index is 1150. The summed E-state index contributed by atoms with van der Waals surface area (Å²) in [7, 11) is 0. The summed E-state index contributed by atoms with van der Waals surface area (Å²) in [5.74, 6) is -1.34. The molecular weight excluding hydrogens is 399 g/mol. The third-order valence-corrected chi connectivity index (χ3v) is 5.75. The molecule has 0 unspecified atom stereocenters. The van der Waals surface area contributed by atoms with E-state index in [4.69, 9.17) is 0 Å². The average Bonchev–Trinajstić information content (AvgIpc) is 2.94. The molecule has 1 N–H and O–H groups in total. The Labute approximate surface area is 178 Å². The number of aryl methyl sites for hydroxylation is 2. The molecule has 4 rings (SSSR count). The van der Waals surface area contributed by atoms with Crippen LogP contribution in [0.25, 0.3) is 0 Å². The van der Waals surface area contributed by atoms with Crippen molar-refractivity contribution in [2.24, 2.45) is 0 Å². The van der Waals surface area contributed by atoms with Crippen molar-refractivity contribution in [3.05, 3.63) is 100 Å². The van der Waals surface area contributed by atoms with Crippen LogP contribution in [0.4, 0.5) is 15.8 Å². The molecule has 1 aliphatic rings. The highest BCUT2D eigenvalue weighted by atomic mass is 32.2. The van der Waals surface area contributed by atoms with Crippen LogP contribution in [0.3, 0.4) is 0 Å². The number of hydrogen-bond acceptors (Lipinski definition) is 4. The molecule has 0 radical (unpaired) electrons. The monoisotopic (exact) mass is 418 g/mol. The number of thioether (sulfide) groups is 1. The van der Waals surface area contributed by atoms with Gasteiger partial charge in [-0.15, -0.1) is 0 Å². The van der Waals surface area contributed by atoms with Gasteiger partial charge in [-0.2, -0.15) is 0 Å². The number of anilines is 2. The molecule has 0 bridgehead atoms. The van der Waals surface area contributed by atoms with Crippen LogP contribution in [0, 0.1) is 19.7 Å². The van der Waals surface area contributed by atoms with E-state index in [1.165, 1.54) is 36.0 Å². The number of hydrogen-bond donors (Lipinski definition) is 1. The minimum Gasteiger partial charge on any atom is -0.350 e. The van der Waals surface area contributed by atoms with Crippen molar-refractivity contribution in [2.75, 3.05) is 10.2 Å². The fourth-order valence-electron chi connectivity index (χ4n) is 3.13. The first-order valence-corrected chi connectivity index (χ1v) is 10.2. The maximum atomic E-state index is 13.4. The third kappa shape index (κ3) is 4.00. The summed E-state index contributed by atoms with van der Waals surface area (Å²) in [5.41, 5.74) is 3.39. The van der Waals surface area contributed by atoms with Crippen molar-refractivity contribution in [3.63, 3.8) is 0 Å². The average molecular weight is 418 g/mol. The molecule has 3 aromatic rings. The van der Waals surface area contributed by atoms with Crippen molar-refractivity contribution < 1.29 is 14.0 Å². The summed E-state index contributed by atoms with van der Waals surface area (Å²) in [4.78, 5) is 28.7. The van der Waals surface area contributed by atoms with E-state index in [9.17, 15) is 14.0 Å². The van der Waals surface area contributed by atoms with E-state index in [0.717, 1.165) is 20.9 Å². The number of halogens is 1. The highest BCUT2D eigenvalue weighted by Crippen LogP contribution is 2.38. The summed E-state index contributed by atoms with van der Waals surface area (Å²) in [6.07, 6.45) is 0. The van der Waals surface area contributed by atoms with Gasteiger partial charge in [0.2, 0.25) is 0 Å². The molecule has 30 heavy (non-hydrogen) atoms. The van der Waals surface area contributed by atoms with Crippen molar-refractivity contribution >= 4 is 35.0 Å². The van der Waals surface area contributed by atoms with Gasteiger partial charge in [0.05, 0.1) is 5.69 Å². The number of rotatable bonds is 5. The minimum atomic E-state index is -0.470. The van der Waals surface area contributed by atoms with Gasteiger partial charge in [0.1, 0.15) is 16.4 Å². The molecule has 0 aromatic heterocycles. The summed E-state index contributed by atoms with van der Waals surface area (Å²) in [6, 6.07) is 20.6. The van der Waals surface area contributed by atoms with E-state index in [1.54, 1.807) is 0 Å². The summed E-state index contributed by atoms with van der Waals surface area (Å²) < 4.78 is 13.4. The third-order valence-electron chi connectivity index (χ3n) is 4.65. The standard InChI is InChI=1S/C24H19FN2O2S/c1-15-6-12-20(13-7-15)30-22-21(26-18-5-3-4-16(2)14-18)23(28)27(24(22)29)19-10-8-17(25)9-11-19/h3-14,26H,1-2H3. The molecule has 1 aliphatic heterocycles. The predicted octanol–water partition coefficient (Wildman–Crippen LogP) is 5.43. The molecule has 150 valence electrons. The number of carbonyl (C=O) groups excluding carboxylic acids is 2. The molecule has 0 spiro atoms. The van der Waals surface area contributed by atoms with Crippen LogP contribution in [-0.2, 0) is 9.59 Å². The molecule has 0 saturated heterocycles. The molecule has 0 atom stereocenters. The van der Waals surface area contributed by atoms with Gasteiger partial charge in [0.15, 0.2) is 0 Å². The Morgan fingerprint density at radius 1 is 0.833 bits per heavy atom. The van der Waals surface area contributed by atoms with E-state index >= 15 is 0 Å². The van der Waals surface area contributed by atoms with Gasteiger partial charge in [-0.25, -0.2) is 9.29 Å². The Balaban J connectivity index is 1.74. The topological polar surface area (TPSA) is 49.4 Å². The highest BCUT2D eigenvalue weighted by Gasteiger charge is 2.40. The highest BCUT2D eigenvalue weighted by molar-refractivity contribution is 8.04. The van der Waals surface area contributed by atoms with Gasteiger partial charge >= 0.3 is 0 Å². The van der Waals surface area contributed by atoms with Crippen LogP contribution in [0.2, 0.25) is 0 Å². The second-order valence-electron chi connectivity index (χ2n) is 7.04. The van der Waals surface area contributed by atoms with E-state index in [2.05, 4.69) is 5.32 Å². The molecule has 0 aliphatic carbocycles. The molecule has 0 fully saturated rings.